The third-order valence-electron chi connectivity index (χ3n) is 8.62. The predicted octanol–water partition coefficient (Wildman–Crippen LogP) is 1.04. The summed E-state index contributed by atoms with van der Waals surface area (Å²) in [6, 6.07) is 0. The van der Waals surface area contributed by atoms with Crippen LogP contribution in [0.3, 0.4) is 0 Å². The summed E-state index contributed by atoms with van der Waals surface area (Å²) < 4.78 is 0. The number of hydrogen-bond acceptors (Lipinski definition) is 5. The molecule has 0 aromatic carbocycles. The molecule has 5 nitrogen and oxygen atoms in total. The Balaban J connectivity index is 1.93. The van der Waals surface area contributed by atoms with E-state index in [2.05, 4.69) is 20.4 Å². The lowest BCUT2D eigenvalue weighted by atomic mass is 9.39. The van der Waals surface area contributed by atoms with E-state index < -0.39 is 47.1 Å². The van der Waals surface area contributed by atoms with Crippen LogP contribution in [-0.4, -0.2) is 50.6 Å². The summed E-state index contributed by atoms with van der Waals surface area (Å²) in [6.07, 6.45) is -1.41. The third kappa shape index (κ3) is 1.76. The van der Waals surface area contributed by atoms with Gasteiger partial charge in [0.2, 0.25) is 0 Å². The molecule has 4 aliphatic rings. The molecule has 4 fully saturated rings. The normalized spacial score (nSPS) is 57.2. The zero-order chi connectivity index (χ0) is 18.5. The van der Waals surface area contributed by atoms with Gasteiger partial charge in [0.25, 0.3) is 0 Å². The number of carbonyl (C=O) groups excluding carboxylic acids is 1. The Morgan fingerprint density at radius 1 is 1.00 bits per heavy atom. The fourth-order valence-corrected chi connectivity index (χ4v) is 7.33. The van der Waals surface area contributed by atoms with Crippen molar-refractivity contribution in [1.29, 1.82) is 0 Å². The van der Waals surface area contributed by atoms with Gasteiger partial charge < -0.3 is 20.4 Å². The minimum absolute atomic E-state index is 0.0204. The summed E-state index contributed by atoms with van der Waals surface area (Å²) in [7, 11) is 0. The van der Waals surface area contributed by atoms with E-state index in [1.807, 2.05) is 6.92 Å². The van der Waals surface area contributed by atoms with Crippen LogP contribution in [0.5, 0.6) is 0 Å². The van der Waals surface area contributed by atoms with Crippen molar-refractivity contribution < 1.29 is 25.2 Å². The van der Waals surface area contributed by atoms with Crippen LogP contribution in [0.2, 0.25) is 0 Å². The van der Waals surface area contributed by atoms with E-state index in [9.17, 15) is 25.2 Å². The van der Waals surface area contributed by atoms with Crippen LogP contribution >= 0.6 is 0 Å². The topological polar surface area (TPSA) is 98.0 Å². The lowest BCUT2D eigenvalue weighted by molar-refractivity contribution is -0.261. The van der Waals surface area contributed by atoms with Crippen molar-refractivity contribution >= 4 is 5.78 Å². The maximum atomic E-state index is 13.2. The first-order valence-corrected chi connectivity index (χ1v) is 9.46. The summed E-state index contributed by atoms with van der Waals surface area (Å²) in [5, 5.41) is 43.8. The van der Waals surface area contributed by atoms with Crippen molar-refractivity contribution in [2.75, 3.05) is 0 Å². The Kier molecular flexibility index (Phi) is 3.49. The molecule has 0 aliphatic heterocycles. The van der Waals surface area contributed by atoms with Crippen LogP contribution in [0, 0.1) is 34.0 Å². The van der Waals surface area contributed by atoms with Crippen LogP contribution in [0.4, 0.5) is 0 Å². The molecule has 9 atom stereocenters. The van der Waals surface area contributed by atoms with Crippen LogP contribution in [0.25, 0.3) is 0 Å². The Morgan fingerprint density at radius 2 is 1.64 bits per heavy atom. The first-order valence-electron chi connectivity index (χ1n) is 9.46. The predicted molar refractivity (Wildman–Crippen MR) is 91.4 cm³/mol. The quantitative estimate of drug-likeness (QED) is 0.489. The van der Waals surface area contributed by atoms with Crippen molar-refractivity contribution in [1.82, 2.24) is 0 Å². The first kappa shape index (κ1) is 17.7. The van der Waals surface area contributed by atoms with E-state index in [0.29, 0.717) is 19.3 Å². The number of ketones is 1. The largest absolute Gasteiger partial charge is 0.393 e. The number of aliphatic hydroxyl groups excluding tert-OH is 4. The van der Waals surface area contributed by atoms with Gasteiger partial charge in [0.15, 0.2) is 5.78 Å². The SMILES string of the molecule is C=C1C(=O)[C@@]23C(O)[C@@H]1[C@@H](O)C[C@@H]2[C@@]1(C)[C@@H](O)CCC(C)(C)[C@@H]1C[C@H]3O. The number of carbonyl (C=O) groups is 1. The van der Waals surface area contributed by atoms with Gasteiger partial charge in [-0.15, -0.1) is 0 Å². The first-order chi connectivity index (χ1) is 11.5. The van der Waals surface area contributed by atoms with E-state index in [0.717, 1.165) is 6.42 Å². The van der Waals surface area contributed by atoms with Gasteiger partial charge in [-0.05, 0) is 48.5 Å². The fourth-order valence-electron chi connectivity index (χ4n) is 7.33. The molecule has 0 radical (unpaired) electrons. The van der Waals surface area contributed by atoms with Gasteiger partial charge in [-0.3, -0.25) is 4.79 Å². The second kappa shape index (κ2) is 4.94. The fraction of sp³-hybridized carbons (Fsp3) is 0.850. The number of hydrogen-bond donors (Lipinski definition) is 4. The molecule has 0 saturated heterocycles. The zero-order valence-corrected chi connectivity index (χ0v) is 15.3. The highest BCUT2D eigenvalue weighted by atomic mass is 16.3. The summed E-state index contributed by atoms with van der Waals surface area (Å²) >= 11 is 0. The molecule has 0 aromatic heterocycles. The van der Waals surface area contributed by atoms with E-state index in [4.69, 9.17) is 0 Å². The molecule has 25 heavy (non-hydrogen) atoms. The van der Waals surface area contributed by atoms with Crippen molar-refractivity contribution in [3.63, 3.8) is 0 Å². The number of aliphatic hydroxyl groups is 4. The van der Waals surface area contributed by atoms with Gasteiger partial charge in [-0.25, -0.2) is 0 Å². The van der Waals surface area contributed by atoms with E-state index >= 15 is 0 Å². The molecule has 4 aliphatic carbocycles. The van der Waals surface area contributed by atoms with Crippen LogP contribution < -0.4 is 0 Å². The highest BCUT2D eigenvalue weighted by Gasteiger charge is 2.76. The monoisotopic (exact) mass is 350 g/mol. The summed E-state index contributed by atoms with van der Waals surface area (Å²) in [4.78, 5) is 13.2. The molecule has 1 spiro atoms. The molecule has 0 amide bonds. The van der Waals surface area contributed by atoms with Crippen LogP contribution in [-0.2, 0) is 4.79 Å². The van der Waals surface area contributed by atoms with Gasteiger partial charge in [0.05, 0.1) is 29.8 Å². The summed E-state index contributed by atoms with van der Waals surface area (Å²) in [5.74, 6) is -1.45. The van der Waals surface area contributed by atoms with Gasteiger partial charge in [0.1, 0.15) is 0 Å². The lowest BCUT2D eigenvalue weighted by Gasteiger charge is -2.66. The molecule has 0 aromatic rings. The summed E-state index contributed by atoms with van der Waals surface area (Å²) in [6.45, 7) is 10.1. The Labute approximate surface area is 148 Å². The van der Waals surface area contributed by atoms with Crippen molar-refractivity contribution in [2.24, 2.45) is 34.0 Å². The van der Waals surface area contributed by atoms with Crippen molar-refractivity contribution in [2.45, 2.75) is 70.9 Å². The Morgan fingerprint density at radius 3 is 2.28 bits per heavy atom. The lowest BCUT2D eigenvalue weighted by Crippen LogP contribution is -2.71. The highest BCUT2D eigenvalue weighted by Crippen LogP contribution is 2.70. The Bertz CT molecular complexity index is 642. The average Bonchev–Trinajstić information content (AvgIpc) is 2.66. The molecule has 5 heteroatoms. The highest BCUT2D eigenvalue weighted by molar-refractivity contribution is 6.04. The molecule has 1 unspecified atom stereocenters. The number of Topliss-reactive ketones (excluding diaryl/α,β-unsaturated/α-hetero) is 1. The average molecular weight is 350 g/mol. The maximum Gasteiger partial charge on any atom is 0.170 e. The van der Waals surface area contributed by atoms with Gasteiger partial charge in [-0.2, -0.15) is 0 Å². The third-order valence-corrected chi connectivity index (χ3v) is 8.62. The standard InChI is InChI=1S/C20H30O5/c1-9-15-10(21)7-12-19(4)11(18(2,3)6-5-13(19)22)8-14(23)20(12,16(9)24)17(15)25/h10-15,17,21-23,25H,1,5-8H2,2-4H3/t10-,11-,12+,13-,14+,15-,17?,19-,20+/m0/s1. The molecule has 4 saturated carbocycles. The molecule has 140 valence electrons. The van der Waals surface area contributed by atoms with Crippen molar-refractivity contribution in [3.8, 4) is 0 Å². The maximum absolute atomic E-state index is 13.2. The van der Waals surface area contributed by atoms with Gasteiger partial charge in [0, 0.05) is 11.3 Å². The van der Waals surface area contributed by atoms with E-state index in [1.165, 1.54) is 0 Å². The minimum atomic E-state index is -1.33. The minimum Gasteiger partial charge on any atom is -0.393 e. The molecular weight excluding hydrogens is 320 g/mol. The number of fused-ring (bicyclic) bond motifs is 3. The molecule has 0 heterocycles. The molecular formula is C20H30O5. The number of rotatable bonds is 0. The molecule has 4 rings (SSSR count). The van der Waals surface area contributed by atoms with Gasteiger partial charge in [-0.1, -0.05) is 27.4 Å². The second-order valence-corrected chi connectivity index (χ2v) is 9.83. The Hall–Kier alpha value is -0.750. The van der Waals surface area contributed by atoms with E-state index in [1.54, 1.807) is 0 Å². The second-order valence-electron chi connectivity index (χ2n) is 9.83. The summed E-state index contributed by atoms with van der Waals surface area (Å²) in [5.41, 5.74) is -1.82. The van der Waals surface area contributed by atoms with Crippen molar-refractivity contribution in [3.05, 3.63) is 12.2 Å². The van der Waals surface area contributed by atoms with Crippen LogP contribution in [0.1, 0.15) is 46.5 Å². The van der Waals surface area contributed by atoms with Gasteiger partial charge >= 0.3 is 0 Å². The zero-order valence-electron chi connectivity index (χ0n) is 15.3. The van der Waals surface area contributed by atoms with Crippen LogP contribution in [0.15, 0.2) is 12.2 Å². The molecule has 4 N–H and O–H groups in total. The smallest absolute Gasteiger partial charge is 0.170 e. The van der Waals surface area contributed by atoms with E-state index in [-0.39, 0.29) is 22.7 Å². The molecule has 2 bridgehead atoms.